The van der Waals surface area contributed by atoms with Gasteiger partial charge in [-0.1, -0.05) is 24.3 Å². The van der Waals surface area contributed by atoms with Crippen LogP contribution in [0.5, 0.6) is 0 Å². The lowest BCUT2D eigenvalue weighted by atomic mass is 9.97. The second-order valence-electron chi connectivity index (χ2n) is 11.1. The van der Waals surface area contributed by atoms with Crippen LogP contribution in [0.25, 0.3) is 11.1 Å². The Bertz CT molecular complexity index is 1380. The molecule has 10 heteroatoms. The summed E-state index contributed by atoms with van der Waals surface area (Å²) in [4.78, 5) is 27.8. The minimum atomic E-state index is -3.34. The van der Waals surface area contributed by atoms with Gasteiger partial charge in [0.15, 0.2) is 9.84 Å². The minimum absolute atomic E-state index is 0.00281. The van der Waals surface area contributed by atoms with Crippen LogP contribution < -0.4 is 5.32 Å². The molecular formula is C28H32FN3O5S. The van der Waals surface area contributed by atoms with Crippen molar-refractivity contribution >= 4 is 21.8 Å². The van der Waals surface area contributed by atoms with E-state index in [0.717, 1.165) is 25.5 Å². The van der Waals surface area contributed by atoms with Crippen molar-refractivity contribution in [2.45, 2.75) is 75.1 Å². The van der Waals surface area contributed by atoms with Crippen LogP contribution in [-0.4, -0.2) is 55.3 Å². The molecule has 2 aromatic carbocycles. The minimum Gasteiger partial charge on any atom is -0.444 e. The van der Waals surface area contributed by atoms with E-state index in [1.165, 1.54) is 23.1 Å². The van der Waals surface area contributed by atoms with Crippen molar-refractivity contribution in [3.63, 3.8) is 0 Å². The van der Waals surface area contributed by atoms with Crippen LogP contribution in [0.2, 0.25) is 0 Å². The number of benzene rings is 2. The van der Waals surface area contributed by atoms with Crippen LogP contribution in [0, 0.1) is 23.1 Å². The number of fused-ring (bicyclic) bond motifs is 2. The second-order valence-corrected chi connectivity index (χ2v) is 13.1. The van der Waals surface area contributed by atoms with Gasteiger partial charge in [0, 0.05) is 18.7 Å². The summed E-state index contributed by atoms with van der Waals surface area (Å²) >= 11 is 0. The molecule has 0 spiro atoms. The van der Waals surface area contributed by atoms with Gasteiger partial charge in [0.05, 0.1) is 11.0 Å². The van der Waals surface area contributed by atoms with Crippen molar-refractivity contribution in [3.05, 3.63) is 53.8 Å². The molecule has 2 amide bonds. The Kier molecular flexibility index (Phi) is 7.53. The van der Waals surface area contributed by atoms with Crippen LogP contribution >= 0.6 is 0 Å². The number of rotatable bonds is 6. The summed E-state index contributed by atoms with van der Waals surface area (Å²) in [7, 11) is -3.34. The molecule has 4 atom stereocenters. The lowest BCUT2D eigenvalue weighted by Gasteiger charge is -2.35. The van der Waals surface area contributed by atoms with E-state index in [4.69, 9.17) is 4.74 Å². The standard InChI is InChI=1S/C28H32FN3O5S/c1-28(2,3)37-27(34)32-22-10-7-20(14-22)25(32)26(33)31-21(16-30)13-19-6-5-18(15-24(19)29)17-8-11-23(12-9-17)38(4,35)36/h5-6,8-9,11-12,15,20-22,25H,7,10,13-14H2,1-4H3,(H,31,33)/t20-,21?,22+,25-/m0/s1. The molecule has 2 bridgehead atoms. The zero-order chi connectivity index (χ0) is 27.8. The summed E-state index contributed by atoms with van der Waals surface area (Å²) in [5.41, 5.74) is 0.754. The third-order valence-corrected chi connectivity index (χ3v) is 8.15. The zero-order valence-electron chi connectivity index (χ0n) is 21.9. The molecule has 2 aliphatic rings. The number of hydrogen-bond acceptors (Lipinski definition) is 6. The number of sulfone groups is 1. The number of amides is 2. The summed E-state index contributed by atoms with van der Waals surface area (Å²) in [5.74, 6) is -0.978. The van der Waals surface area contributed by atoms with Gasteiger partial charge in [0.1, 0.15) is 23.5 Å². The highest BCUT2D eigenvalue weighted by molar-refractivity contribution is 7.90. The van der Waals surface area contributed by atoms with E-state index in [1.807, 2.05) is 6.07 Å². The molecule has 0 aromatic heterocycles. The van der Waals surface area contributed by atoms with E-state index in [-0.39, 0.29) is 28.8 Å². The molecule has 202 valence electrons. The summed E-state index contributed by atoms with van der Waals surface area (Å²) in [5, 5.41) is 12.4. The highest BCUT2D eigenvalue weighted by Gasteiger charge is 2.52. The van der Waals surface area contributed by atoms with Crippen LogP contribution in [0.1, 0.15) is 45.6 Å². The van der Waals surface area contributed by atoms with E-state index < -0.39 is 45.3 Å². The lowest BCUT2D eigenvalue weighted by molar-refractivity contribution is -0.128. The van der Waals surface area contributed by atoms with Gasteiger partial charge in [-0.3, -0.25) is 9.69 Å². The largest absolute Gasteiger partial charge is 0.444 e. The van der Waals surface area contributed by atoms with E-state index in [0.29, 0.717) is 11.1 Å². The summed E-state index contributed by atoms with van der Waals surface area (Å²) < 4.78 is 43.9. The molecule has 1 aliphatic heterocycles. The van der Waals surface area contributed by atoms with Crippen LogP contribution in [0.3, 0.4) is 0 Å². The lowest BCUT2D eigenvalue weighted by Crippen LogP contribution is -2.55. The van der Waals surface area contributed by atoms with Gasteiger partial charge in [-0.15, -0.1) is 0 Å². The maximum absolute atomic E-state index is 15.0. The first-order chi connectivity index (χ1) is 17.8. The highest BCUT2D eigenvalue weighted by atomic mass is 32.2. The number of nitrogens with zero attached hydrogens (tertiary/aromatic N) is 2. The van der Waals surface area contributed by atoms with E-state index in [2.05, 4.69) is 5.32 Å². The average molecular weight is 542 g/mol. The number of carbonyl (C=O) groups excluding carboxylic acids is 2. The van der Waals surface area contributed by atoms with Crippen LogP contribution in [-0.2, 0) is 25.8 Å². The Morgan fingerprint density at radius 2 is 1.82 bits per heavy atom. The smallest absolute Gasteiger partial charge is 0.411 e. The maximum atomic E-state index is 15.0. The molecule has 38 heavy (non-hydrogen) atoms. The number of carbonyl (C=O) groups is 2. The van der Waals surface area contributed by atoms with Crippen LogP contribution in [0.4, 0.5) is 9.18 Å². The molecule has 1 saturated heterocycles. The Morgan fingerprint density at radius 3 is 2.39 bits per heavy atom. The number of hydrogen-bond donors (Lipinski definition) is 1. The molecule has 1 unspecified atom stereocenters. The summed E-state index contributed by atoms with van der Waals surface area (Å²) in [6.45, 7) is 5.31. The SMILES string of the molecule is CC(C)(C)OC(=O)N1[C@@H]2CC[C@@H](C2)[C@H]1C(=O)NC(C#N)Cc1ccc(-c2ccc(S(C)(=O)=O)cc2)cc1F. The Hall–Kier alpha value is -3.45. The molecule has 2 aromatic rings. The summed E-state index contributed by atoms with van der Waals surface area (Å²) in [6, 6.07) is 11.0. The van der Waals surface area contributed by atoms with Crippen molar-refractivity contribution < 1.29 is 27.1 Å². The van der Waals surface area contributed by atoms with Crippen molar-refractivity contribution in [1.82, 2.24) is 10.2 Å². The topological polar surface area (TPSA) is 117 Å². The monoisotopic (exact) mass is 541 g/mol. The molecule has 1 saturated carbocycles. The number of nitrogens with one attached hydrogen (secondary N) is 1. The quantitative estimate of drug-likeness (QED) is 0.585. The van der Waals surface area contributed by atoms with Crippen molar-refractivity contribution in [1.29, 1.82) is 5.26 Å². The molecule has 4 rings (SSSR count). The van der Waals surface area contributed by atoms with Crippen molar-refractivity contribution in [2.24, 2.45) is 5.92 Å². The van der Waals surface area contributed by atoms with E-state index >= 15 is 0 Å². The molecule has 1 N–H and O–H groups in total. The van der Waals surface area contributed by atoms with E-state index in [9.17, 15) is 27.7 Å². The van der Waals surface area contributed by atoms with E-state index in [1.54, 1.807) is 45.0 Å². The van der Waals surface area contributed by atoms with Crippen molar-refractivity contribution in [3.8, 4) is 17.2 Å². The first kappa shape index (κ1) is 27.6. The molecular weight excluding hydrogens is 509 g/mol. The second kappa shape index (κ2) is 10.4. The number of likely N-dealkylation sites (tertiary alicyclic amines) is 1. The summed E-state index contributed by atoms with van der Waals surface area (Å²) in [6.07, 6.45) is 2.88. The van der Waals surface area contributed by atoms with Gasteiger partial charge >= 0.3 is 6.09 Å². The van der Waals surface area contributed by atoms with Gasteiger partial charge in [-0.2, -0.15) is 5.26 Å². The first-order valence-corrected chi connectivity index (χ1v) is 14.5. The van der Waals surface area contributed by atoms with Gasteiger partial charge in [0.25, 0.3) is 0 Å². The molecule has 0 radical (unpaired) electrons. The van der Waals surface area contributed by atoms with Gasteiger partial charge in [-0.05, 0) is 80.8 Å². The highest BCUT2D eigenvalue weighted by Crippen LogP contribution is 2.43. The predicted octanol–water partition coefficient (Wildman–Crippen LogP) is 4.24. The number of piperidine rings is 1. The van der Waals surface area contributed by atoms with Gasteiger partial charge in [0.2, 0.25) is 5.91 Å². The van der Waals surface area contributed by atoms with Gasteiger partial charge in [-0.25, -0.2) is 17.6 Å². The molecule has 8 nitrogen and oxygen atoms in total. The number of halogens is 1. The third kappa shape index (κ3) is 5.99. The molecule has 1 aliphatic carbocycles. The molecule has 1 heterocycles. The Morgan fingerprint density at radius 1 is 1.16 bits per heavy atom. The fourth-order valence-corrected chi connectivity index (χ4v) is 5.93. The third-order valence-electron chi connectivity index (χ3n) is 7.02. The fraction of sp³-hybridized carbons (Fsp3) is 0.464. The van der Waals surface area contributed by atoms with Gasteiger partial charge < -0.3 is 10.1 Å². The number of nitriles is 1. The normalized spacial score (nSPS) is 21.6. The Balaban J connectivity index is 1.45. The molecule has 2 fully saturated rings. The number of ether oxygens (including phenoxy) is 1. The van der Waals surface area contributed by atoms with Crippen LogP contribution in [0.15, 0.2) is 47.4 Å². The predicted molar refractivity (Wildman–Crippen MR) is 139 cm³/mol. The Labute approximate surface area is 222 Å². The van der Waals surface area contributed by atoms with Crippen molar-refractivity contribution in [2.75, 3.05) is 6.26 Å². The average Bonchev–Trinajstić information content (AvgIpc) is 3.45. The fourth-order valence-electron chi connectivity index (χ4n) is 5.30. The zero-order valence-corrected chi connectivity index (χ0v) is 22.7. The first-order valence-electron chi connectivity index (χ1n) is 12.6. The maximum Gasteiger partial charge on any atom is 0.411 e.